The van der Waals surface area contributed by atoms with Crippen LogP contribution in [0.15, 0.2) is 0 Å². The number of carbonyl (C=O) groups excluding carboxylic acids is 1. The van der Waals surface area contributed by atoms with Crippen molar-refractivity contribution in [1.29, 1.82) is 0 Å². The number of ether oxygens (including phenoxy) is 2. The van der Waals surface area contributed by atoms with Crippen molar-refractivity contribution in [3.05, 3.63) is 0 Å². The van der Waals surface area contributed by atoms with Gasteiger partial charge in [0.15, 0.2) is 0 Å². The van der Waals surface area contributed by atoms with Gasteiger partial charge < -0.3 is 9.47 Å². The maximum atomic E-state index is 11.0. The number of carbonyl (C=O) groups is 1. The molecule has 80 valence electrons. The van der Waals surface area contributed by atoms with Crippen molar-refractivity contribution in [2.45, 2.75) is 39.2 Å². The van der Waals surface area contributed by atoms with E-state index in [1.165, 1.54) is 0 Å². The fourth-order valence-electron chi connectivity index (χ4n) is 0.884. The number of hydrogen-bond donors (Lipinski definition) is 0. The number of esters is 1. The van der Waals surface area contributed by atoms with E-state index in [0.29, 0.717) is 6.61 Å². The van der Waals surface area contributed by atoms with Crippen LogP contribution in [0, 0.1) is 12.3 Å². The molecule has 0 aromatic heterocycles. The molecule has 0 aliphatic heterocycles. The molecule has 3 heteroatoms. The van der Waals surface area contributed by atoms with Crippen molar-refractivity contribution in [1.82, 2.24) is 0 Å². The lowest BCUT2D eigenvalue weighted by Crippen LogP contribution is -2.17. The van der Waals surface area contributed by atoms with Gasteiger partial charge in [-0.3, -0.25) is 0 Å². The molecule has 0 fully saturated rings. The molecule has 14 heavy (non-hydrogen) atoms. The molecule has 0 radical (unpaired) electrons. The van der Waals surface area contributed by atoms with Crippen LogP contribution in [0.2, 0.25) is 0 Å². The molecular weight excluding hydrogens is 180 g/mol. The Balaban J connectivity index is 3.20. The summed E-state index contributed by atoms with van der Waals surface area (Å²) in [6.45, 7) is 4.22. The maximum Gasteiger partial charge on any atom is 0.332 e. The van der Waals surface area contributed by atoms with E-state index in [2.05, 4.69) is 5.92 Å². The summed E-state index contributed by atoms with van der Waals surface area (Å²) in [6, 6.07) is 0. The summed E-state index contributed by atoms with van der Waals surface area (Å²) < 4.78 is 9.98. The third kappa shape index (κ3) is 9.08. The van der Waals surface area contributed by atoms with Crippen molar-refractivity contribution in [3.8, 4) is 12.3 Å². The Kier molecular flexibility index (Phi) is 7.96. The molecule has 0 aliphatic carbocycles. The second-order valence-electron chi connectivity index (χ2n) is 3.25. The van der Waals surface area contributed by atoms with Crippen molar-refractivity contribution >= 4 is 5.97 Å². The zero-order valence-electron chi connectivity index (χ0n) is 8.91. The summed E-state index contributed by atoms with van der Waals surface area (Å²) in [7, 11) is 0. The van der Waals surface area contributed by atoms with Gasteiger partial charge in [0.05, 0.1) is 6.10 Å². The van der Waals surface area contributed by atoms with Crippen molar-refractivity contribution < 1.29 is 14.3 Å². The van der Waals surface area contributed by atoms with E-state index in [-0.39, 0.29) is 18.7 Å². The van der Waals surface area contributed by atoms with Crippen LogP contribution in [0.4, 0.5) is 0 Å². The molecule has 0 aromatic carbocycles. The minimum Gasteiger partial charge on any atom is -0.461 e. The maximum absolute atomic E-state index is 11.0. The fourth-order valence-corrected chi connectivity index (χ4v) is 0.884. The monoisotopic (exact) mass is 198 g/mol. The van der Waals surface area contributed by atoms with Crippen LogP contribution in [-0.4, -0.2) is 25.3 Å². The van der Waals surface area contributed by atoms with E-state index >= 15 is 0 Å². The van der Waals surface area contributed by atoms with Gasteiger partial charge in [0.25, 0.3) is 0 Å². The minimum absolute atomic E-state index is 0.0359. The van der Waals surface area contributed by atoms with Crippen LogP contribution in [0.25, 0.3) is 0 Å². The predicted molar refractivity (Wildman–Crippen MR) is 54.7 cm³/mol. The summed E-state index contributed by atoms with van der Waals surface area (Å²) in [6.07, 6.45) is 7.60. The van der Waals surface area contributed by atoms with Gasteiger partial charge in [0.1, 0.15) is 6.61 Å². The summed E-state index contributed by atoms with van der Waals surface area (Å²) in [5.41, 5.74) is 0. The molecule has 0 heterocycles. The highest BCUT2D eigenvalue weighted by atomic mass is 16.6. The van der Waals surface area contributed by atoms with Crippen molar-refractivity contribution in [2.75, 3.05) is 13.2 Å². The summed E-state index contributed by atoms with van der Waals surface area (Å²) >= 11 is 0. The zero-order valence-corrected chi connectivity index (χ0v) is 8.91. The summed E-state index contributed by atoms with van der Waals surface area (Å²) in [5, 5.41) is 0. The zero-order chi connectivity index (χ0) is 10.8. The van der Waals surface area contributed by atoms with Gasteiger partial charge in [-0.05, 0) is 26.7 Å². The van der Waals surface area contributed by atoms with Crippen LogP contribution < -0.4 is 0 Å². The molecule has 3 nitrogen and oxygen atoms in total. The molecule has 0 atom stereocenters. The van der Waals surface area contributed by atoms with Crippen molar-refractivity contribution in [3.63, 3.8) is 0 Å². The van der Waals surface area contributed by atoms with E-state index in [0.717, 1.165) is 19.3 Å². The lowest BCUT2D eigenvalue weighted by Gasteiger charge is -2.07. The lowest BCUT2D eigenvalue weighted by molar-refractivity contribution is -0.152. The van der Waals surface area contributed by atoms with E-state index in [1.54, 1.807) is 0 Å². The average Bonchev–Trinajstić information content (AvgIpc) is 2.10. The molecule has 0 rings (SSSR count). The van der Waals surface area contributed by atoms with Gasteiger partial charge in [0, 0.05) is 13.0 Å². The first-order chi connectivity index (χ1) is 6.66. The quantitative estimate of drug-likeness (QED) is 0.355. The predicted octanol–water partition coefficient (Wildman–Crippen LogP) is 1.76. The first kappa shape index (κ1) is 13.0. The van der Waals surface area contributed by atoms with Gasteiger partial charge in [-0.15, -0.1) is 12.3 Å². The highest BCUT2D eigenvalue weighted by Crippen LogP contribution is 1.95. The Morgan fingerprint density at radius 3 is 2.71 bits per heavy atom. The van der Waals surface area contributed by atoms with Crippen LogP contribution in [-0.2, 0) is 14.3 Å². The normalized spacial score (nSPS) is 9.86. The molecule has 0 unspecified atom stereocenters. The Morgan fingerprint density at radius 2 is 2.14 bits per heavy atom. The molecule has 0 bridgehead atoms. The van der Waals surface area contributed by atoms with Gasteiger partial charge in [-0.2, -0.15) is 0 Å². The molecule has 0 N–H and O–H groups in total. The van der Waals surface area contributed by atoms with E-state index in [1.807, 2.05) is 13.8 Å². The van der Waals surface area contributed by atoms with Gasteiger partial charge in [-0.25, -0.2) is 4.79 Å². The Hall–Kier alpha value is -1.01. The summed E-state index contributed by atoms with van der Waals surface area (Å²) in [5.74, 6) is 2.24. The first-order valence-corrected chi connectivity index (χ1v) is 4.87. The summed E-state index contributed by atoms with van der Waals surface area (Å²) in [4.78, 5) is 11.0. The molecule has 0 spiro atoms. The largest absolute Gasteiger partial charge is 0.461 e. The fraction of sp³-hybridized carbons (Fsp3) is 0.727. The van der Waals surface area contributed by atoms with Gasteiger partial charge in [-0.1, -0.05) is 0 Å². The smallest absolute Gasteiger partial charge is 0.332 e. The number of unbranched alkanes of at least 4 members (excludes halogenated alkanes) is 2. The standard InChI is InChI=1S/C11H18O3/c1-4-5-6-7-8-13-9-11(12)14-10(2)3/h1,10H,5-9H2,2-3H3. The topological polar surface area (TPSA) is 35.5 Å². The molecule has 0 amide bonds. The minimum atomic E-state index is -0.308. The van der Waals surface area contributed by atoms with E-state index in [9.17, 15) is 4.79 Å². The molecule has 0 saturated heterocycles. The Morgan fingerprint density at radius 1 is 1.43 bits per heavy atom. The SMILES string of the molecule is C#CCCCCOCC(=O)OC(C)C. The highest BCUT2D eigenvalue weighted by molar-refractivity contribution is 5.70. The van der Waals surface area contributed by atoms with Crippen LogP contribution in [0.3, 0.4) is 0 Å². The van der Waals surface area contributed by atoms with Gasteiger partial charge in [0.2, 0.25) is 0 Å². The average molecular weight is 198 g/mol. The number of terminal acetylenes is 1. The molecule has 0 saturated carbocycles. The van der Waals surface area contributed by atoms with E-state index < -0.39 is 0 Å². The number of hydrogen-bond acceptors (Lipinski definition) is 3. The first-order valence-electron chi connectivity index (χ1n) is 4.87. The Labute approximate surface area is 85.8 Å². The van der Waals surface area contributed by atoms with Gasteiger partial charge >= 0.3 is 5.97 Å². The number of rotatable bonds is 7. The van der Waals surface area contributed by atoms with E-state index in [4.69, 9.17) is 15.9 Å². The Bertz CT molecular complexity index is 191. The lowest BCUT2D eigenvalue weighted by atomic mass is 10.2. The van der Waals surface area contributed by atoms with Crippen LogP contribution in [0.5, 0.6) is 0 Å². The third-order valence-electron chi connectivity index (χ3n) is 1.45. The van der Waals surface area contributed by atoms with Crippen molar-refractivity contribution in [2.24, 2.45) is 0 Å². The second-order valence-corrected chi connectivity index (χ2v) is 3.25. The molecule has 0 aliphatic rings. The molecular formula is C11H18O3. The second kappa shape index (κ2) is 8.58. The molecule has 0 aromatic rings. The van der Waals surface area contributed by atoms with Crippen LogP contribution in [0.1, 0.15) is 33.1 Å². The van der Waals surface area contributed by atoms with Crippen LogP contribution >= 0.6 is 0 Å². The third-order valence-corrected chi connectivity index (χ3v) is 1.45. The highest BCUT2D eigenvalue weighted by Gasteiger charge is 2.04.